The number of benzene rings is 1. The monoisotopic (exact) mass is 304 g/mol. The van der Waals surface area contributed by atoms with E-state index in [4.69, 9.17) is 11.6 Å². The van der Waals surface area contributed by atoms with Gasteiger partial charge in [-0.05, 0) is 36.5 Å². The first-order chi connectivity index (χ1) is 9.61. The summed E-state index contributed by atoms with van der Waals surface area (Å²) in [5.74, 6) is 1.99. The fourth-order valence-corrected chi connectivity index (χ4v) is 3.11. The molecule has 0 unspecified atom stereocenters. The van der Waals surface area contributed by atoms with Gasteiger partial charge in [0.2, 0.25) is 0 Å². The van der Waals surface area contributed by atoms with Crippen LogP contribution in [0.15, 0.2) is 40.3 Å². The smallest absolute Gasteiger partial charge is 0.134 e. The molecule has 0 spiro atoms. The molecule has 0 amide bonds. The lowest BCUT2D eigenvalue weighted by atomic mass is 10.0. The molecule has 1 saturated carbocycles. The van der Waals surface area contributed by atoms with Crippen LogP contribution in [0, 0.1) is 0 Å². The summed E-state index contributed by atoms with van der Waals surface area (Å²) in [5, 5.41) is 1.48. The van der Waals surface area contributed by atoms with Crippen LogP contribution in [0.4, 0.5) is 0 Å². The predicted octanol–water partition coefficient (Wildman–Crippen LogP) is 5.28. The summed E-state index contributed by atoms with van der Waals surface area (Å²) in [4.78, 5) is 10.1. The predicted molar refractivity (Wildman–Crippen MR) is 83.7 cm³/mol. The molecule has 0 saturated heterocycles. The summed E-state index contributed by atoms with van der Waals surface area (Å²) in [6, 6.07) is 10.5. The van der Waals surface area contributed by atoms with Crippen LogP contribution in [0.25, 0.3) is 0 Å². The molecule has 1 aliphatic carbocycles. The molecular formula is C16H17ClN2S. The van der Waals surface area contributed by atoms with Crippen molar-refractivity contribution in [2.75, 3.05) is 0 Å². The minimum atomic E-state index is 0.524. The van der Waals surface area contributed by atoms with Crippen molar-refractivity contribution in [1.29, 1.82) is 0 Å². The highest BCUT2D eigenvalue weighted by Gasteiger charge is 2.27. The van der Waals surface area contributed by atoms with Gasteiger partial charge in [-0.3, -0.25) is 0 Å². The zero-order chi connectivity index (χ0) is 14.1. The van der Waals surface area contributed by atoms with Gasteiger partial charge in [0.15, 0.2) is 0 Å². The fourth-order valence-electron chi connectivity index (χ4n) is 2.03. The van der Waals surface area contributed by atoms with Crippen LogP contribution in [-0.4, -0.2) is 9.97 Å². The second-order valence-corrected chi connectivity index (χ2v) is 6.97. The van der Waals surface area contributed by atoms with Crippen molar-refractivity contribution < 1.29 is 0 Å². The Labute approximate surface area is 129 Å². The van der Waals surface area contributed by atoms with Crippen molar-refractivity contribution >= 4 is 23.4 Å². The SMILES string of the molecule is CC(C)c1ccc(Sc2cc(Cl)nc(C3CC3)n2)cc1. The molecule has 4 heteroatoms. The Balaban J connectivity index is 1.79. The second-order valence-electron chi connectivity index (χ2n) is 5.49. The zero-order valence-corrected chi connectivity index (χ0v) is 13.2. The van der Waals surface area contributed by atoms with Crippen LogP contribution < -0.4 is 0 Å². The van der Waals surface area contributed by atoms with Crippen LogP contribution in [0.2, 0.25) is 5.15 Å². The number of aromatic nitrogens is 2. The molecule has 20 heavy (non-hydrogen) atoms. The third-order valence-electron chi connectivity index (χ3n) is 3.40. The highest BCUT2D eigenvalue weighted by atomic mass is 35.5. The molecule has 0 radical (unpaired) electrons. The van der Waals surface area contributed by atoms with Gasteiger partial charge < -0.3 is 0 Å². The van der Waals surface area contributed by atoms with Gasteiger partial charge in [0.25, 0.3) is 0 Å². The Kier molecular flexibility index (Phi) is 3.99. The zero-order valence-electron chi connectivity index (χ0n) is 11.6. The lowest BCUT2D eigenvalue weighted by Gasteiger charge is -2.07. The van der Waals surface area contributed by atoms with Crippen molar-refractivity contribution in [2.45, 2.75) is 48.4 Å². The average molecular weight is 305 g/mol. The number of nitrogens with zero attached hydrogens (tertiary/aromatic N) is 2. The average Bonchev–Trinajstić information content (AvgIpc) is 3.23. The molecule has 0 atom stereocenters. The van der Waals surface area contributed by atoms with E-state index in [1.54, 1.807) is 11.8 Å². The largest absolute Gasteiger partial charge is 0.226 e. The summed E-state index contributed by atoms with van der Waals surface area (Å²) >= 11 is 7.74. The van der Waals surface area contributed by atoms with Crippen LogP contribution in [0.3, 0.4) is 0 Å². The minimum absolute atomic E-state index is 0.524. The lowest BCUT2D eigenvalue weighted by molar-refractivity contribution is 0.864. The van der Waals surface area contributed by atoms with E-state index in [1.165, 1.54) is 23.3 Å². The van der Waals surface area contributed by atoms with Gasteiger partial charge in [0, 0.05) is 16.9 Å². The molecule has 1 aromatic carbocycles. The van der Waals surface area contributed by atoms with E-state index < -0.39 is 0 Å². The quantitative estimate of drug-likeness (QED) is 0.718. The summed E-state index contributed by atoms with van der Waals surface area (Å²) in [6.07, 6.45) is 2.38. The Morgan fingerprint density at radius 1 is 1.15 bits per heavy atom. The molecule has 104 valence electrons. The number of hydrogen-bond donors (Lipinski definition) is 0. The number of hydrogen-bond acceptors (Lipinski definition) is 3. The first kappa shape index (κ1) is 13.9. The van der Waals surface area contributed by atoms with E-state index in [2.05, 4.69) is 48.1 Å². The van der Waals surface area contributed by atoms with Gasteiger partial charge in [-0.2, -0.15) is 0 Å². The normalized spacial score (nSPS) is 14.8. The maximum absolute atomic E-state index is 6.09. The molecule has 1 heterocycles. The van der Waals surface area contributed by atoms with Crippen molar-refractivity contribution in [1.82, 2.24) is 9.97 Å². The third-order valence-corrected chi connectivity index (χ3v) is 4.52. The van der Waals surface area contributed by atoms with E-state index in [0.717, 1.165) is 10.9 Å². The van der Waals surface area contributed by atoms with Crippen LogP contribution >= 0.6 is 23.4 Å². The number of halogens is 1. The highest BCUT2D eigenvalue weighted by molar-refractivity contribution is 7.99. The summed E-state index contributed by atoms with van der Waals surface area (Å²) in [7, 11) is 0. The molecule has 1 aliphatic rings. The van der Waals surface area contributed by atoms with E-state index in [0.29, 0.717) is 17.0 Å². The summed E-state index contributed by atoms with van der Waals surface area (Å²) in [6.45, 7) is 4.41. The Morgan fingerprint density at radius 2 is 1.85 bits per heavy atom. The van der Waals surface area contributed by atoms with E-state index >= 15 is 0 Å². The van der Waals surface area contributed by atoms with Crippen molar-refractivity contribution in [3.8, 4) is 0 Å². The first-order valence-corrected chi connectivity index (χ1v) is 8.13. The molecule has 0 aliphatic heterocycles. The number of rotatable bonds is 4. The van der Waals surface area contributed by atoms with Gasteiger partial charge >= 0.3 is 0 Å². The van der Waals surface area contributed by atoms with Gasteiger partial charge in [0.1, 0.15) is 16.0 Å². The third kappa shape index (κ3) is 3.33. The maximum atomic E-state index is 6.09. The van der Waals surface area contributed by atoms with Crippen LogP contribution in [0.1, 0.15) is 49.9 Å². The maximum Gasteiger partial charge on any atom is 0.134 e. The van der Waals surface area contributed by atoms with Crippen LogP contribution in [0.5, 0.6) is 0 Å². The highest BCUT2D eigenvalue weighted by Crippen LogP contribution is 2.39. The summed E-state index contributed by atoms with van der Waals surface area (Å²) in [5.41, 5.74) is 1.36. The Morgan fingerprint density at radius 3 is 2.45 bits per heavy atom. The molecule has 1 aromatic heterocycles. The van der Waals surface area contributed by atoms with Crippen LogP contribution in [-0.2, 0) is 0 Å². The first-order valence-electron chi connectivity index (χ1n) is 6.94. The fraction of sp³-hybridized carbons (Fsp3) is 0.375. The minimum Gasteiger partial charge on any atom is -0.226 e. The van der Waals surface area contributed by atoms with Crippen molar-refractivity contribution in [3.63, 3.8) is 0 Å². The topological polar surface area (TPSA) is 25.8 Å². The van der Waals surface area contributed by atoms with E-state index in [1.807, 2.05) is 6.07 Å². The van der Waals surface area contributed by atoms with Gasteiger partial charge in [-0.1, -0.05) is 49.3 Å². The van der Waals surface area contributed by atoms with Gasteiger partial charge in [-0.15, -0.1) is 0 Å². The molecule has 0 N–H and O–H groups in total. The summed E-state index contributed by atoms with van der Waals surface area (Å²) < 4.78 is 0. The van der Waals surface area contributed by atoms with Crippen molar-refractivity contribution in [3.05, 3.63) is 46.9 Å². The standard InChI is InChI=1S/C16H17ClN2S/c1-10(2)11-5-7-13(8-6-11)20-15-9-14(17)18-16(19-15)12-3-4-12/h5-10,12H,3-4H2,1-2H3. The lowest BCUT2D eigenvalue weighted by Crippen LogP contribution is -1.94. The molecule has 1 fully saturated rings. The van der Waals surface area contributed by atoms with Gasteiger partial charge in [0.05, 0.1) is 0 Å². The molecule has 0 bridgehead atoms. The Hall–Kier alpha value is -1.06. The van der Waals surface area contributed by atoms with Gasteiger partial charge in [-0.25, -0.2) is 9.97 Å². The molecule has 2 nitrogen and oxygen atoms in total. The molecular weight excluding hydrogens is 288 g/mol. The molecule has 3 rings (SSSR count). The second kappa shape index (κ2) is 5.74. The molecule has 2 aromatic rings. The van der Waals surface area contributed by atoms with E-state index in [-0.39, 0.29) is 0 Å². The van der Waals surface area contributed by atoms with E-state index in [9.17, 15) is 0 Å². The Bertz CT molecular complexity index is 606. The van der Waals surface area contributed by atoms with Crippen molar-refractivity contribution in [2.24, 2.45) is 0 Å².